The van der Waals surface area contributed by atoms with E-state index in [2.05, 4.69) is 12.1 Å². The Labute approximate surface area is 88.7 Å². The van der Waals surface area contributed by atoms with Crippen LogP contribution in [0.2, 0.25) is 0 Å². The third kappa shape index (κ3) is 2.10. The van der Waals surface area contributed by atoms with Gasteiger partial charge in [-0.25, -0.2) is 0 Å². The van der Waals surface area contributed by atoms with E-state index >= 15 is 0 Å². The van der Waals surface area contributed by atoms with Crippen molar-refractivity contribution >= 4 is 22.6 Å². The Morgan fingerprint density at radius 2 is 2.07 bits per heavy atom. The number of halogens is 1. The first-order valence-electron chi connectivity index (χ1n) is 4.92. The Morgan fingerprint density at radius 3 is 2.93 bits per heavy atom. The van der Waals surface area contributed by atoms with E-state index in [9.17, 15) is 0 Å². The maximum atomic E-state index is 5.63. The highest BCUT2D eigenvalue weighted by molar-refractivity contribution is 6.17. The van der Waals surface area contributed by atoms with Gasteiger partial charge in [-0.15, -0.1) is 11.6 Å². The minimum absolute atomic E-state index is 0.758. The monoisotopic (exact) mass is 208 g/mol. The minimum atomic E-state index is 0.758. The van der Waals surface area contributed by atoms with Gasteiger partial charge in [0.15, 0.2) is 0 Å². The summed E-state index contributed by atoms with van der Waals surface area (Å²) in [5.74, 6) is 0.758. The number of furan rings is 1. The van der Waals surface area contributed by atoms with E-state index in [-0.39, 0.29) is 0 Å². The van der Waals surface area contributed by atoms with Crippen LogP contribution in [-0.2, 0) is 6.42 Å². The molecule has 0 N–H and O–H groups in total. The van der Waals surface area contributed by atoms with Crippen LogP contribution in [0.1, 0.15) is 18.4 Å². The van der Waals surface area contributed by atoms with Crippen LogP contribution in [0, 0.1) is 0 Å². The standard InChI is InChI=1S/C12H13ClO/c13-7-2-1-3-10-4-5-12-11(9-10)6-8-14-12/h4-6,8-9H,1-3,7H2. The normalized spacial score (nSPS) is 10.9. The Morgan fingerprint density at radius 1 is 1.14 bits per heavy atom. The Hall–Kier alpha value is -0.950. The molecule has 2 rings (SSSR count). The number of hydrogen-bond acceptors (Lipinski definition) is 1. The van der Waals surface area contributed by atoms with Gasteiger partial charge in [-0.05, 0) is 43.0 Å². The first-order chi connectivity index (χ1) is 6.90. The molecule has 0 fully saturated rings. The molecule has 0 amide bonds. The molecule has 0 aliphatic carbocycles. The van der Waals surface area contributed by atoms with E-state index in [1.54, 1.807) is 6.26 Å². The van der Waals surface area contributed by atoms with Gasteiger partial charge in [0, 0.05) is 11.3 Å². The third-order valence-corrected chi connectivity index (χ3v) is 2.63. The van der Waals surface area contributed by atoms with Gasteiger partial charge in [-0.2, -0.15) is 0 Å². The summed E-state index contributed by atoms with van der Waals surface area (Å²) in [6.07, 6.45) is 5.08. The molecule has 0 saturated heterocycles. The molecule has 0 radical (unpaired) electrons. The van der Waals surface area contributed by atoms with E-state index in [1.165, 1.54) is 10.9 Å². The second kappa shape index (κ2) is 4.52. The number of hydrogen-bond donors (Lipinski definition) is 0. The molecule has 0 spiro atoms. The maximum Gasteiger partial charge on any atom is 0.133 e. The lowest BCUT2D eigenvalue weighted by molar-refractivity contribution is 0.615. The van der Waals surface area contributed by atoms with Crippen LogP contribution >= 0.6 is 11.6 Å². The van der Waals surface area contributed by atoms with Crippen LogP contribution in [0.15, 0.2) is 34.9 Å². The molecule has 1 heterocycles. The zero-order valence-corrected chi connectivity index (χ0v) is 8.76. The van der Waals surface area contributed by atoms with Crippen molar-refractivity contribution in [2.24, 2.45) is 0 Å². The van der Waals surface area contributed by atoms with Crippen molar-refractivity contribution in [3.05, 3.63) is 36.1 Å². The van der Waals surface area contributed by atoms with Crippen molar-refractivity contribution in [2.75, 3.05) is 5.88 Å². The molecule has 1 nitrogen and oxygen atoms in total. The summed E-state index contributed by atoms with van der Waals surface area (Å²) in [5.41, 5.74) is 2.33. The molecule has 14 heavy (non-hydrogen) atoms. The number of aryl methyl sites for hydroxylation is 1. The van der Waals surface area contributed by atoms with E-state index in [4.69, 9.17) is 16.0 Å². The van der Waals surface area contributed by atoms with Crippen LogP contribution in [0.4, 0.5) is 0 Å². The highest BCUT2D eigenvalue weighted by atomic mass is 35.5. The quantitative estimate of drug-likeness (QED) is 0.547. The number of fused-ring (bicyclic) bond motifs is 1. The fraction of sp³-hybridized carbons (Fsp3) is 0.333. The van der Waals surface area contributed by atoms with Gasteiger partial charge < -0.3 is 4.42 Å². The van der Waals surface area contributed by atoms with Gasteiger partial charge in [-0.3, -0.25) is 0 Å². The second-order valence-corrected chi connectivity index (χ2v) is 3.82. The fourth-order valence-corrected chi connectivity index (χ4v) is 1.78. The summed E-state index contributed by atoms with van der Waals surface area (Å²) >= 11 is 5.63. The van der Waals surface area contributed by atoms with Gasteiger partial charge in [0.1, 0.15) is 5.58 Å². The lowest BCUT2D eigenvalue weighted by Gasteiger charge is -1.99. The van der Waals surface area contributed by atoms with Gasteiger partial charge in [0.25, 0.3) is 0 Å². The van der Waals surface area contributed by atoms with Crippen molar-refractivity contribution in [1.29, 1.82) is 0 Å². The highest BCUT2D eigenvalue weighted by Crippen LogP contribution is 2.18. The number of rotatable bonds is 4. The topological polar surface area (TPSA) is 13.1 Å². The Kier molecular flexibility index (Phi) is 3.10. The lowest BCUT2D eigenvalue weighted by Crippen LogP contribution is -1.85. The molecule has 74 valence electrons. The molecule has 0 atom stereocenters. The minimum Gasteiger partial charge on any atom is -0.464 e. The zero-order chi connectivity index (χ0) is 9.80. The predicted molar refractivity (Wildman–Crippen MR) is 59.9 cm³/mol. The van der Waals surface area contributed by atoms with Crippen LogP contribution in [-0.4, -0.2) is 5.88 Å². The summed E-state index contributed by atoms with van der Waals surface area (Å²) in [4.78, 5) is 0. The molecule has 2 heteroatoms. The average Bonchev–Trinajstić information content (AvgIpc) is 2.65. The molecular formula is C12H13ClO. The smallest absolute Gasteiger partial charge is 0.133 e. The summed E-state index contributed by atoms with van der Waals surface area (Å²) in [6.45, 7) is 0. The summed E-state index contributed by atoms with van der Waals surface area (Å²) in [6, 6.07) is 8.35. The molecule has 2 aromatic rings. The van der Waals surface area contributed by atoms with Crippen molar-refractivity contribution in [2.45, 2.75) is 19.3 Å². The number of alkyl halides is 1. The number of benzene rings is 1. The van der Waals surface area contributed by atoms with Crippen LogP contribution in [0.3, 0.4) is 0 Å². The summed E-state index contributed by atoms with van der Waals surface area (Å²) in [5, 5.41) is 1.19. The largest absolute Gasteiger partial charge is 0.464 e. The molecule has 0 unspecified atom stereocenters. The maximum absolute atomic E-state index is 5.63. The van der Waals surface area contributed by atoms with Gasteiger partial charge in [0.2, 0.25) is 0 Å². The molecule has 0 bridgehead atoms. The van der Waals surface area contributed by atoms with Crippen molar-refractivity contribution in [3.63, 3.8) is 0 Å². The van der Waals surface area contributed by atoms with Gasteiger partial charge in [0.05, 0.1) is 6.26 Å². The summed E-state index contributed by atoms with van der Waals surface area (Å²) in [7, 11) is 0. The third-order valence-electron chi connectivity index (χ3n) is 2.37. The number of unbranched alkanes of at least 4 members (excludes halogenated alkanes) is 1. The van der Waals surface area contributed by atoms with Gasteiger partial charge >= 0.3 is 0 Å². The zero-order valence-electron chi connectivity index (χ0n) is 8.00. The van der Waals surface area contributed by atoms with Crippen molar-refractivity contribution in [3.8, 4) is 0 Å². The first-order valence-corrected chi connectivity index (χ1v) is 5.46. The highest BCUT2D eigenvalue weighted by Gasteiger charge is 1.98. The van der Waals surface area contributed by atoms with E-state index in [0.29, 0.717) is 0 Å². The van der Waals surface area contributed by atoms with E-state index < -0.39 is 0 Å². The SMILES string of the molecule is ClCCCCc1ccc2occc2c1. The molecule has 1 aromatic carbocycles. The van der Waals surface area contributed by atoms with Crippen LogP contribution < -0.4 is 0 Å². The Balaban J connectivity index is 2.10. The van der Waals surface area contributed by atoms with E-state index in [1.807, 2.05) is 12.1 Å². The fourth-order valence-electron chi connectivity index (χ4n) is 1.60. The molecule has 0 aliphatic rings. The van der Waals surface area contributed by atoms with Crippen molar-refractivity contribution in [1.82, 2.24) is 0 Å². The second-order valence-electron chi connectivity index (χ2n) is 3.44. The van der Waals surface area contributed by atoms with Crippen LogP contribution in [0.5, 0.6) is 0 Å². The van der Waals surface area contributed by atoms with Gasteiger partial charge in [-0.1, -0.05) is 6.07 Å². The molecule has 0 aliphatic heterocycles. The summed E-state index contributed by atoms with van der Waals surface area (Å²) < 4.78 is 5.28. The molecule has 0 saturated carbocycles. The first kappa shape index (κ1) is 9.60. The average molecular weight is 209 g/mol. The molecular weight excluding hydrogens is 196 g/mol. The Bertz CT molecular complexity index is 405. The van der Waals surface area contributed by atoms with Crippen LogP contribution in [0.25, 0.3) is 11.0 Å². The van der Waals surface area contributed by atoms with Crippen molar-refractivity contribution < 1.29 is 4.42 Å². The van der Waals surface area contributed by atoms with E-state index in [0.717, 1.165) is 30.7 Å². The molecule has 1 aromatic heterocycles. The lowest BCUT2D eigenvalue weighted by atomic mass is 10.1. The predicted octanol–water partition coefficient (Wildman–Crippen LogP) is 3.99.